The van der Waals surface area contributed by atoms with E-state index >= 15 is 0 Å². The quantitative estimate of drug-likeness (QED) is 0.670. The maximum absolute atomic E-state index is 13.1. The van der Waals surface area contributed by atoms with E-state index in [1.807, 2.05) is 18.2 Å². The number of para-hydroxylation sites is 1. The third kappa shape index (κ3) is 5.12. The molecule has 5 nitrogen and oxygen atoms in total. The van der Waals surface area contributed by atoms with Gasteiger partial charge in [0.15, 0.2) is 0 Å². The molecule has 0 aliphatic carbocycles. The summed E-state index contributed by atoms with van der Waals surface area (Å²) in [6.07, 6.45) is 1.44. The number of hydrogen-bond acceptors (Lipinski definition) is 4. The van der Waals surface area contributed by atoms with Crippen molar-refractivity contribution in [3.05, 3.63) is 66.0 Å². The highest BCUT2D eigenvalue weighted by molar-refractivity contribution is 5.83. The Hall–Kier alpha value is -2.73. The van der Waals surface area contributed by atoms with Crippen molar-refractivity contribution >= 4 is 17.8 Å². The zero-order valence-electron chi connectivity index (χ0n) is 13.9. The van der Waals surface area contributed by atoms with E-state index in [-0.39, 0.29) is 11.7 Å². The molecule has 1 N–H and O–H groups in total. The van der Waals surface area contributed by atoms with Gasteiger partial charge in [-0.15, -0.1) is 0 Å². The SMILES string of the molecule is O=C(CN1CCN(c2ccccc2)CC1)N/N=C/c1cccc(F)c1. The lowest BCUT2D eigenvalue weighted by Gasteiger charge is -2.35. The van der Waals surface area contributed by atoms with Crippen LogP contribution in [0.25, 0.3) is 0 Å². The monoisotopic (exact) mass is 340 g/mol. The van der Waals surface area contributed by atoms with E-state index in [0.29, 0.717) is 12.1 Å². The molecule has 2 aromatic rings. The van der Waals surface area contributed by atoms with Gasteiger partial charge >= 0.3 is 0 Å². The van der Waals surface area contributed by atoms with Crippen molar-refractivity contribution in [2.24, 2.45) is 5.10 Å². The van der Waals surface area contributed by atoms with Gasteiger partial charge in [0.1, 0.15) is 5.82 Å². The molecule has 0 aromatic heterocycles. The number of piperazine rings is 1. The van der Waals surface area contributed by atoms with Crippen LogP contribution in [-0.2, 0) is 4.79 Å². The van der Waals surface area contributed by atoms with Crippen molar-refractivity contribution in [2.45, 2.75) is 0 Å². The number of nitrogens with zero attached hydrogens (tertiary/aromatic N) is 3. The number of hydrogen-bond donors (Lipinski definition) is 1. The van der Waals surface area contributed by atoms with Gasteiger partial charge in [-0.2, -0.15) is 5.10 Å². The molecule has 1 aliphatic rings. The second-order valence-corrected chi connectivity index (χ2v) is 5.95. The average Bonchev–Trinajstić information content (AvgIpc) is 2.63. The van der Waals surface area contributed by atoms with Crippen molar-refractivity contribution < 1.29 is 9.18 Å². The van der Waals surface area contributed by atoms with Crippen LogP contribution >= 0.6 is 0 Å². The van der Waals surface area contributed by atoms with Crippen LogP contribution < -0.4 is 10.3 Å². The number of anilines is 1. The number of halogens is 1. The minimum absolute atomic E-state index is 0.166. The fourth-order valence-corrected chi connectivity index (χ4v) is 2.81. The standard InChI is InChI=1S/C19H21FN4O/c20-17-6-4-5-16(13-17)14-21-22-19(25)15-23-9-11-24(12-10-23)18-7-2-1-3-8-18/h1-8,13-14H,9-12,15H2,(H,22,25)/b21-14+. The van der Waals surface area contributed by atoms with Gasteiger partial charge in [0.2, 0.25) is 0 Å². The van der Waals surface area contributed by atoms with Crippen LogP contribution in [0, 0.1) is 5.82 Å². The van der Waals surface area contributed by atoms with Crippen LogP contribution in [0.3, 0.4) is 0 Å². The van der Waals surface area contributed by atoms with E-state index < -0.39 is 0 Å². The second kappa shape index (κ2) is 8.39. The van der Waals surface area contributed by atoms with Crippen LogP contribution in [-0.4, -0.2) is 49.7 Å². The lowest BCUT2D eigenvalue weighted by atomic mass is 10.2. The van der Waals surface area contributed by atoms with E-state index in [0.717, 1.165) is 26.2 Å². The Morgan fingerprint density at radius 1 is 1.08 bits per heavy atom. The lowest BCUT2D eigenvalue weighted by molar-refractivity contribution is -0.122. The third-order valence-electron chi connectivity index (χ3n) is 4.11. The van der Waals surface area contributed by atoms with Gasteiger partial charge in [-0.05, 0) is 29.8 Å². The van der Waals surface area contributed by atoms with Crippen molar-refractivity contribution in [3.8, 4) is 0 Å². The highest BCUT2D eigenvalue weighted by Gasteiger charge is 2.18. The molecule has 3 rings (SSSR count). The molecule has 1 amide bonds. The number of hydrazone groups is 1. The Balaban J connectivity index is 1.42. The van der Waals surface area contributed by atoms with Crippen molar-refractivity contribution in [3.63, 3.8) is 0 Å². The van der Waals surface area contributed by atoms with E-state index in [4.69, 9.17) is 0 Å². The fraction of sp³-hybridized carbons (Fsp3) is 0.263. The lowest BCUT2D eigenvalue weighted by Crippen LogP contribution is -2.49. The first-order valence-electron chi connectivity index (χ1n) is 8.30. The molecule has 0 radical (unpaired) electrons. The van der Waals surface area contributed by atoms with E-state index in [1.54, 1.807) is 12.1 Å². The summed E-state index contributed by atoms with van der Waals surface area (Å²) in [5.74, 6) is -0.493. The summed E-state index contributed by atoms with van der Waals surface area (Å²) in [5, 5.41) is 3.88. The highest BCUT2D eigenvalue weighted by atomic mass is 19.1. The maximum atomic E-state index is 13.1. The Labute approximate surface area is 146 Å². The molecule has 1 fully saturated rings. The third-order valence-corrected chi connectivity index (χ3v) is 4.11. The normalized spacial score (nSPS) is 15.5. The fourth-order valence-electron chi connectivity index (χ4n) is 2.81. The summed E-state index contributed by atoms with van der Waals surface area (Å²) >= 11 is 0. The summed E-state index contributed by atoms with van der Waals surface area (Å²) in [4.78, 5) is 16.4. The summed E-state index contributed by atoms with van der Waals surface area (Å²) in [6, 6.07) is 16.3. The number of rotatable bonds is 5. The average molecular weight is 340 g/mol. The van der Waals surface area contributed by atoms with Crippen LogP contribution in [0.5, 0.6) is 0 Å². The van der Waals surface area contributed by atoms with Crippen LogP contribution in [0.1, 0.15) is 5.56 Å². The molecular weight excluding hydrogens is 319 g/mol. The van der Waals surface area contributed by atoms with E-state index in [1.165, 1.54) is 24.0 Å². The minimum atomic E-state index is -0.327. The van der Waals surface area contributed by atoms with Gasteiger partial charge in [0, 0.05) is 31.9 Å². The summed E-state index contributed by atoms with van der Waals surface area (Å²) in [6.45, 7) is 3.75. The first kappa shape index (κ1) is 17.1. The zero-order chi connectivity index (χ0) is 17.5. The van der Waals surface area contributed by atoms with Crippen molar-refractivity contribution in [2.75, 3.05) is 37.6 Å². The zero-order valence-corrected chi connectivity index (χ0v) is 13.9. The summed E-state index contributed by atoms with van der Waals surface area (Å²) in [5.41, 5.74) is 4.32. The van der Waals surface area contributed by atoms with Gasteiger partial charge < -0.3 is 4.90 Å². The Kier molecular flexibility index (Phi) is 5.74. The number of nitrogens with one attached hydrogen (secondary N) is 1. The van der Waals surface area contributed by atoms with Crippen molar-refractivity contribution in [1.82, 2.24) is 10.3 Å². The molecule has 1 aliphatic heterocycles. The maximum Gasteiger partial charge on any atom is 0.254 e. The Morgan fingerprint density at radius 3 is 2.56 bits per heavy atom. The topological polar surface area (TPSA) is 47.9 Å². The number of amides is 1. The molecule has 1 heterocycles. The molecule has 6 heteroatoms. The molecule has 0 spiro atoms. The van der Waals surface area contributed by atoms with E-state index in [9.17, 15) is 9.18 Å². The molecule has 1 saturated heterocycles. The van der Waals surface area contributed by atoms with E-state index in [2.05, 4.69) is 32.5 Å². The molecule has 130 valence electrons. The molecule has 25 heavy (non-hydrogen) atoms. The molecule has 0 saturated carbocycles. The molecule has 0 bridgehead atoms. The number of carbonyl (C=O) groups is 1. The van der Waals surface area contributed by atoms with Gasteiger partial charge in [0.05, 0.1) is 12.8 Å². The molecular formula is C19H21FN4O. The molecule has 0 atom stereocenters. The second-order valence-electron chi connectivity index (χ2n) is 5.95. The minimum Gasteiger partial charge on any atom is -0.369 e. The van der Waals surface area contributed by atoms with Crippen LogP contribution in [0.15, 0.2) is 59.7 Å². The van der Waals surface area contributed by atoms with Crippen molar-refractivity contribution in [1.29, 1.82) is 0 Å². The van der Waals surface area contributed by atoms with Crippen LogP contribution in [0.4, 0.5) is 10.1 Å². The van der Waals surface area contributed by atoms with Crippen LogP contribution in [0.2, 0.25) is 0 Å². The largest absolute Gasteiger partial charge is 0.369 e. The Morgan fingerprint density at radius 2 is 1.84 bits per heavy atom. The summed E-state index contributed by atoms with van der Waals surface area (Å²) < 4.78 is 13.1. The number of benzene rings is 2. The van der Waals surface area contributed by atoms with Gasteiger partial charge in [-0.1, -0.05) is 30.3 Å². The molecule has 2 aromatic carbocycles. The predicted octanol–water partition coefficient (Wildman–Crippen LogP) is 2.10. The van der Waals surface area contributed by atoms with Gasteiger partial charge in [-0.3, -0.25) is 9.69 Å². The first-order chi connectivity index (χ1) is 12.2. The summed E-state index contributed by atoms with van der Waals surface area (Å²) in [7, 11) is 0. The highest BCUT2D eigenvalue weighted by Crippen LogP contribution is 2.15. The van der Waals surface area contributed by atoms with Gasteiger partial charge in [-0.25, -0.2) is 9.82 Å². The first-order valence-corrected chi connectivity index (χ1v) is 8.30. The molecule has 0 unspecified atom stereocenters. The van der Waals surface area contributed by atoms with Gasteiger partial charge in [0.25, 0.3) is 5.91 Å². The number of carbonyl (C=O) groups excluding carboxylic acids is 1. The smallest absolute Gasteiger partial charge is 0.254 e. The Bertz CT molecular complexity index is 727. The predicted molar refractivity (Wildman–Crippen MR) is 97.2 cm³/mol.